The molecule has 134 valence electrons. The first kappa shape index (κ1) is 18.7. The molecule has 1 fully saturated rings. The van der Waals surface area contributed by atoms with Crippen LogP contribution in [0.2, 0.25) is 0 Å². The van der Waals surface area contributed by atoms with Gasteiger partial charge in [0.05, 0.1) is 19.3 Å². The molecule has 5 heteroatoms. The lowest BCUT2D eigenvalue weighted by Gasteiger charge is -2.24. The molecule has 24 heavy (non-hydrogen) atoms. The van der Waals surface area contributed by atoms with Crippen LogP contribution in [-0.2, 0) is 16.1 Å². The minimum absolute atomic E-state index is 0.0194. The average Bonchev–Trinajstić information content (AvgIpc) is 2.71. The lowest BCUT2D eigenvalue weighted by atomic mass is 10.1. The maximum Gasteiger partial charge on any atom is 0.320 e. The fraction of sp³-hybridized carbons (Fsp3) is 0.632. The number of aliphatic hydroxyl groups excluding tert-OH is 1. The SMILES string of the molecule is CC(C)(C)OC(=O)CN1CCCC(Oc2cccc(CO)c2)CC1. The largest absolute Gasteiger partial charge is 0.490 e. The van der Waals surface area contributed by atoms with E-state index in [2.05, 4.69) is 4.90 Å². The molecule has 0 saturated carbocycles. The van der Waals surface area contributed by atoms with Crippen molar-refractivity contribution < 1.29 is 19.4 Å². The topological polar surface area (TPSA) is 59.0 Å². The third-order valence-corrected chi connectivity index (χ3v) is 3.92. The summed E-state index contributed by atoms with van der Waals surface area (Å²) in [5, 5.41) is 9.21. The van der Waals surface area contributed by atoms with Crippen molar-refractivity contribution in [1.82, 2.24) is 4.90 Å². The van der Waals surface area contributed by atoms with E-state index in [4.69, 9.17) is 9.47 Å². The van der Waals surface area contributed by atoms with Crippen LogP contribution in [0.4, 0.5) is 0 Å². The van der Waals surface area contributed by atoms with Crippen molar-refractivity contribution in [3.05, 3.63) is 29.8 Å². The Labute approximate surface area is 144 Å². The Hall–Kier alpha value is -1.59. The lowest BCUT2D eigenvalue weighted by Crippen LogP contribution is -2.35. The van der Waals surface area contributed by atoms with E-state index >= 15 is 0 Å². The lowest BCUT2D eigenvalue weighted by molar-refractivity contribution is -0.156. The Morgan fingerprint density at radius 1 is 1.29 bits per heavy atom. The van der Waals surface area contributed by atoms with Gasteiger partial charge >= 0.3 is 5.97 Å². The third kappa shape index (κ3) is 6.49. The van der Waals surface area contributed by atoms with E-state index in [0.29, 0.717) is 6.54 Å². The molecular weight excluding hydrogens is 306 g/mol. The van der Waals surface area contributed by atoms with E-state index in [1.807, 2.05) is 45.0 Å². The summed E-state index contributed by atoms with van der Waals surface area (Å²) in [6, 6.07) is 7.57. The Balaban J connectivity index is 1.82. The number of esters is 1. The minimum atomic E-state index is -0.438. The quantitative estimate of drug-likeness (QED) is 0.839. The van der Waals surface area contributed by atoms with Crippen LogP contribution in [0.3, 0.4) is 0 Å². The van der Waals surface area contributed by atoms with Crippen LogP contribution >= 0.6 is 0 Å². The van der Waals surface area contributed by atoms with Gasteiger partial charge in [-0.25, -0.2) is 0 Å². The summed E-state index contributed by atoms with van der Waals surface area (Å²) in [5.41, 5.74) is 0.416. The molecule has 1 N–H and O–H groups in total. The van der Waals surface area contributed by atoms with Crippen molar-refractivity contribution >= 4 is 5.97 Å². The molecule has 0 spiro atoms. The van der Waals surface area contributed by atoms with E-state index in [1.54, 1.807) is 0 Å². The van der Waals surface area contributed by atoms with Crippen LogP contribution in [0.25, 0.3) is 0 Å². The van der Waals surface area contributed by atoms with Crippen LogP contribution in [0.15, 0.2) is 24.3 Å². The second kappa shape index (κ2) is 8.49. The number of ether oxygens (including phenoxy) is 2. The normalized spacial score (nSPS) is 19.6. The van der Waals surface area contributed by atoms with Gasteiger partial charge in [-0.3, -0.25) is 9.69 Å². The van der Waals surface area contributed by atoms with E-state index < -0.39 is 5.60 Å². The zero-order valence-corrected chi connectivity index (χ0v) is 15.0. The van der Waals surface area contributed by atoms with Crippen molar-refractivity contribution in [2.24, 2.45) is 0 Å². The Bertz CT molecular complexity index is 538. The van der Waals surface area contributed by atoms with Gasteiger partial charge < -0.3 is 14.6 Å². The molecule has 0 radical (unpaired) electrons. The van der Waals surface area contributed by atoms with Gasteiger partial charge in [0, 0.05) is 6.54 Å². The van der Waals surface area contributed by atoms with E-state index in [1.165, 1.54) is 0 Å². The van der Waals surface area contributed by atoms with Crippen LogP contribution < -0.4 is 4.74 Å². The molecular formula is C19H29NO4. The number of nitrogens with zero attached hydrogens (tertiary/aromatic N) is 1. The molecule has 2 rings (SSSR count). The minimum Gasteiger partial charge on any atom is -0.490 e. The smallest absolute Gasteiger partial charge is 0.320 e. The molecule has 5 nitrogen and oxygen atoms in total. The second-order valence-corrected chi connectivity index (χ2v) is 7.34. The van der Waals surface area contributed by atoms with Crippen molar-refractivity contribution in [2.75, 3.05) is 19.6 Å². The van der Waals surface area contributed by atoms with Crippen LogP contribution in [0.5, 0.6) is 5.75 Å². The maximum absolute atomic E-state index is 12.0. The second-order valence-electron chi connectivity index (χ2n) is 7.34. The Kier molecular flexibility index (Phi) is 6.63. The molecule has 1 aliphatic rings. The number of likely N-dealkylation sites (tertiary alicyclic amines) is 1. The van der Waals surface area contributed by atoms with Gasteiger partial charge in [-0.2, -0.15) is 0 Å². The van der Waals surface area contributed by atoms with Gasteiger partial charge in [-0.1, -0.05) is 12.1 Å². The maximum atomic E-state index is 12.0. The van der Waals surface area contributed by atoms with Crippen molar-refractivity contribution in [3.8, 4) is 5.75 Å². The predicted octanol–water partition coefficient (Wildman–Crippen LogP) is 2.75. The van der Waals surface area contributed by atoms with Crippen LogP contribution in [-0.4, -0.2) is 47.3 Å². The highest BCUT2D eigenvalue weighted by molar-refractivity contribution is 5.72. The number of carbonyl (C=O) groups is 1. The molecule has 0 aromatic heterocycles. The first-order valence-corrected chi connectivity index (χ1v) is 8.66. The predicted molar refractivity (Wildman–Crippen MR) is 92.9 cm³/mol. The van der Waals surface area contributed by atoms with Crippen molar-refractivity contribution in [1.29, 1.82) is 0 Å². The fourth-order valence-corrected chi connectivity index (χ4v) is 2.87. The average molecular weight is 335 g/mol. The van der Waals surface area contributed by atoms with Gasteiger partial charge in [0.1, 0.15) is 11.4 Å². The summed E-state index contributed by atoms with van der Waals surface area (Å²) in [4.78, 5) is 14.1. The van der Waals surface area contributed by atoms with Gasteiger partial charge in [0.25, 0.3) is 0 Å². The first-order chi connectivity index (χ1) is 11.4. The number of hydrogen-bond donors (Lipinski definition) is 1. The standard InChI is InChI=1S/C19H29NO4/c1-19(2,3)24-18(22)13-20-10-5-8-16(9-11-20)23-17-7-4-6-15(12-17)14-21/h4,6-7,12,16,21H,5,8-11,13-14H2,1-3H3. The highest BCUT2D eigenvalue weighted by Crippen LogP contribution is 2.20. The summed E-state index contributed by atoms with van der Waals surface area (Å²) in [5.74, 6) is 0.629. The van der Waals surface area contributed by atoms with Crippen molar-refractivity contribution in [2.45, 2.75) is 58.3 Å². The summed E-state index contributed by atoms with van der Waals surface area (Å²) >= 11 is 0. The number of benzene rings is 1. The molecule has 0 bridgehead atoms. The molecule has 1 heterocycles. The number of rotatable bonds is 5. The highest BCUT2D eigenvalue weighted by Gasteiger charge is 2.22. The zero-order chi connectivity index (χ0) is 17.6. The summed E-state index contributed by atoms with van der Waals surface area (Å²) in [7, 11) is 0. The summed E-state index contributed by atoms with van der Waals surface area (Å²) in [6.07, 6.45) is 2.98. The summed E-state index contributed by atoms with van der Waals surface area (Å²) < 4.78 is 11.5. The molecule has 1 aromatic rings. The molecule has 1 unspecified atom stereocenters. The number of aliphatic hydroxyl groups is 1. The van der Waals surface area contributed by atoms with Crippen LogP contribution in [0, 0.1) is 0 Å². The van der Waals surface area contributed by atoms with E-state index in [-0.39, 0.29) is 18.7 Å². The molecule has 1 aliphatic heterocycles. The van der Waals surface area contributed by atoms with E-state index in [0.717, 1.165) is 43.7 Å². The fourth-order valence-electron chi connectivity index (χ4n) is 2.87. The monoisotopic (exact) mass is 335 g/mol. The van der Waals surface area contributed by atoms with Crippen LogP contribution in [0.1, 0.15) is 45.6 Å². The molecule has 1 atom stereocenters. The molecule has 0 aliphatic carbocycles. The number of carbonyl (C=O) groups excluding carboxylic acids is 1. The van der Waals surface area contributed by atoms with Crippen molar-refractivity contribution in [3.63, 3.8) is 0 Å². The highest BCUT2D eigenvalue weighted by atomic mass is 16.6. The van der Waals surface area contributed by atoms with E-state index in [9.17, 15) is 9.90 Å². The number of hydrogen-bond acceptors (Lipinski definition) is 5. The van der Waals surface area contributed by atoms with Gasteiger partial charge in [0.15, 0.2) is 0 Å². The third-order valence-electron chi connectivity index (χ3n) is 3.92. The zero-order valence-electron chi connectivity index (χ0n) is 15.0. The summed E-state index contributed by atoms with van der Waals surface area (Å²) in [6.45, 7) is 7.72. The van der Waals surface area contributed by atoms with Gasteiger partial charge in [0.2, 0.25) is 0 Å². The van der Waals surface area contributed by atoms with Gasteiger partial charge in [-0.15, -0.1) is 0 Å². The molecule has 0 amide bonds. The molecule has 1 saturated heterocycles. The Morgan fingerprint density at radius 2 is 2.08 bits per heavy atom. The first-order valence-electron chi connectivity index (χ1n) is 8.66. The van der Waals surface area contributed by atoms with Gasteiger partial charge in [-0.05, 0) is 64.3 Å². The Morgan fingerprint density at radius 3 is 2.79 bits per heavy atom. The molecule has 1 aromatic carbocycles.